The molecule has 0 aliphatic carbocycles. The molecule has 4 heteroatoms. The number of ether oxygens (including phenoxy) is 1. The normalized spacial score (nSPS) is 12.6. The van der Waals surface area contributed by atoms with Gasteiger partial charge in [-0.05, 0) is 38.3 Å². The highest BCUT2D eigenvalue weighted by Gasteiger charge is 2.14. The fourth-order valence-electron chi connectivity index (χ4n) is 2.75. The fourth-order valence-corrected chi connectivity index (χ4v) is 2.75. The number of carbonyl (C=O) groups excluding carboxylic acids is 1. The summed E-state index contributed by atoms with van der Waals surface area (Å²) in [5.41, 5.74) is 4.29. The molecule has 1 aromatic carbocycles. The van der Waals surface area contributed by atoms with Crippen LogP contribution in [0.15, 0.2) is 66.8 Å². The maximum atomic E-state index is 11.2. The number of nitrogens with zero attached hydrogens (tertiary/aromatic N) is 1. The SMILES string of the molecule is CCCC(OC(=O)CC)c1ccccc1.C\C=C/C(=C\C=C\CC)c1cc(C)[nH]n1. The molecule has 2 rings (SSSR count). The summed E-state index contributed by atoms with van der Waals surface area (Å²) < 4.78 is 5.39. The monoisotopic (exact) mass is 408 g/mol. The van der Waals surface area contributed by atoms with E-state index >= 15 is 0 Å². The van der Waals surface area contributed by atoms with Crippen molar-refractivity contribution >= 4 is 11.5 Å². The van der Waals surface area contributed by atoms with Gasteiger partial charge >= 0.3 is 5.97 Å². The summed E-state index contributed by atoms with van der Waals surface area (Å²) in [6.07, 6.45) is 13.7. The smallest absolute Gasteiger partial charge is 0.306 e. The van der Waals surface area contributed by atoms with Gasteiger partial charge in [-0.1, -0.05) is 87.9 Å². The van der Waals surface area contributed by atoms with E-state index in [0.29, 0.717) is 6.42 Å². The van der Waals surface area contributed by atoms with Gasteiger partial charge in [0, 0.05) is 17.7 Å². The summed E-state index contributed by atoms with van der Waals surface area (Å²) in [4.78, 5) is 11.2. The van der Waals surface area contributed by atoms with E-state index < -0.39 is 0 Å². The van der Waals surface area contributed by atoms with Crippen LogP contribution in [-0.2, 0) is 9.53 Å². The molecule has 0 saturated heterocycles. The van der Waals surface area contributed by atoms with Crippen LogP contribution in [0.25, 0.3) is 5.57 Å². The number of H-pyrrole nitrogens is 1. The lowest BCUT2D eigenvalue weighted by molar-refractivity contribution is -0.149. The standard InChI is InChI=1S/C13H18N2.C13H18O2/c1-4-6-7-9-12(8-5-2)13-10-11(3)14-15-13;1-3-8-12(15-13(14)4-2)11-9-6-5-7-10-11/h5-10H,4H2,1-3H3,(H,14,15);5-7,9-10,12H,3-4,8H2,1-2H3/b7-6+,8-5-,12-9+;. The van der Waals surface area contributed by atoms with Crippen LogP contribution in [0.3, 0.4) is 0 Å². The number of aryl methyl sites for hydroxylation is 1. The molecular weight excluding hydrogens is 372 g/mol. The van der Waals surface area contributed by atoms with Crippen molar-refractivity contribution in [1.82, 2.24) is 10.2 Å². The second-order valence-electron chi connectivity index (χ2n) is 6.93. The highest BCUT2D eigenvalue weighted by atomic mass is 16.5. The van der Waals surface area contributed by atoms with Gasteiger partial charge < -0.3 is 4.74 Å². The number of benzene rings is 1. The van der Waals surface area contributed by atoms with Crippen LogP contribution < -0.4 is 0 Å². The van der Waals surface area contributed by atoms with Crippen LogP contribution in [0, 0.1) is 6.92 Å². The third kappa shape index (κ3) is 9.55. The number of esters is 1. The molecular formula is C26H36N2O2. The maximum absolute atomic E-state index is 11.2. The number of hydrogen-bond donors (Lipinski definition) is 1. The first kappa shape index (κ1) is 25.2. The molecule has 0 saturated carbocycles. The zero-order valence-electron chi connectivity index (χ0n) is 19.0. The average molecular weight is 409 g/mol. The first-order chi connectivity index (χ1) is 14.5. The Hall–Kier alpha value is -2.88. The fraction of sp³-hybridized carbons (Fsp3) is 0.385. The predicted molar refractivity (Wildman–Crippen MR) is 126 cm³/mol. The molecule has 0 radical (unpaired) electrons. The van der Waals surface area contributed by atoms with E-state index in [2.05, 4.69) is 48.3 Å². The van der Waals surface area contributed by atoms with E-state index in [4.69, 9.17) is 4.74 Å². The molecule has 0 bridgehead atoms. The summed E-state index contributed by atoms with van der Waals surface area (Å²) >= 11 is 0. The summed E-state index contributed by atoms with van der Waals surface area (Å²) in [5.74, 6) is -0.127. The Bertz CT molecular complexity index is 817. The van der Waals surface area contributed by atoms with Crippen LogP contribution >= 0.6 is 0 Å². The molecule has 1 aromatic heterocycles. The van der Waals surface area contributed by atoms with Gasteiger partial charge in [-0.25, -0.2) is 0 Å². The number of nitrogens with one attached hydrogen (secondary N) is 1. The average Bonchev–Trinajstić information content (AvgIpc) is 3.20. The Morgan fingerprint density at radius 1 is 1.20 bits per heavy atom. The highest BCUT2D eigenvalue weighted by Crippen LogP contribution is 2.22. The number of hydrogen-bond acceptors (Lipinski definition) is 3. The third-order valence-electron chi connectivity index (χ3n) is 4.28. The van der Waals surface area contributed by atoms with Gasteiger partial charge in [0.1, 0.15) is 6.10 Å². The molecule has 1 N–H and O–H groups in total. The van der Waals surface area contributed by atoms with Crippen molar-refractivity contribution in [2.24, 2.45) is 0 Å². The van der Waals surface area contributed by atoms with Crippen molar-refractivity contribution in [3.8, 4) is 0 Å². The molecule has 30 heavy (non-hydrogen) atoms. The van der Waals surface area contributed by atoms with Gasteiger partial charge in [0.2, 0.25) is 0 Å². The van der Waals surface area contributed by atoms with Crippen molar-refractivity contribution in [3.05, 3.63) is 83.7 Å². The molecule has 1 heterocycles. The molecule has 0 aliphatic rings. The minimum absolute atomic E-state index is 0.0800. The van der Waals surface area contributed by atoms with E-state index in [0.717, 1.165) is 41.8 Å². The van der Waals surface area contributed by atoms with Gasteiger partial charge in [0.25, 0.3) is 0 Å². The number of allylic oxidation sites excluding steroid dienone is 6. The second-order valence-corrected chi connectivity index (χ2v) is 6.93. The van der Waals surface area contributed by atoms with Crippen molar-refractivity contribution in [2.75, 3.05) is 0 Å². The van der Waals surface area contributed by atoms with E-state index in [-0.39, 0.29) is 12.1 Å². The molecule has 0 spiro atoms. The van der Waals surface area contributed by atoms with E-state index in [1.807, 2.05) is 63.2 Å². The quantitative estimate of drug-likeness (QED) is 0.355. The Kier molecular flexibility index (Phi) is 12.6. The maximum Gasteiger partial charge on any atom is 0.306 e. The summed E-state index contributed by atoms with van der Waals surface area (Å²) in [6.45, 7) is 10.0. The molecule has 1 atom stereocenters. The first-order valence-corrected chi connectivity index (χ1v) is 10.8. The van der Waals surface area contributed by atoms with Crippen LogP contribution in [0.2, 0.25) is 0 Å². The zero-order valence-corrected chi connectivity index (χ0v) is 19.0. The lowest BCUT2D eigenvalue weighted by Gasteiger charge is -2.17. The van der Waals surface area contributed by atoms with Crippen molar-refractivity contribution in [2.45, 2.75) is 66.4 Å². The number of carbonyl (C=O) groups is 1. The first-order valence-electron chi connectivity index (χ1n) is 10.8. The second kappa shape index (κ2) is 15.0. The molecule has 162 valence electrons. The van der Waals surface area contributed by atoms with E-state index in [1.54, 1.807) is 0 Å². The Balaban J connectivity index is 0.000000300. The van der Waals surface area contributed by atoms with Crippen molar-refractivity contribution in [3.63, 3.8) is 0 Å². The minimum Gasteiger partial charge on any atom is -0.457 e. The molecule has 0 fully saturated rings. The van der Waals surface area contributed by atoms with Gasteiger partial charge in [-0.3, -0.25) is 9.89 Å². The lowest BCUT2D eigenvalue weighted by Crippen LogP contribution is -2.10. The molecule has 4 nitrogen and oxygen atoms in total. The third-order valence-corrected chi connectivity index (χ3v) is 4.28. The minimum atomic E-state index is -0.127. The number of rotatable bonds is 9. The zero-order chi connectivity index (χ0) is 22.2. The van der Waals surface area contributed by atoms with E-state index in [9.17, 15) is 4.79 Å². The van der Waals surface area contributed by atoms with Gasteiger partial charge in [0.15, 0.2) is 0 Å². The summed E-state index contributed by atoms with van der Waals surface area (Å²) in [5, 5.41) is 7.18. The highest BCUT2D eigenvalue weighted by molar-refractivity contribution is 5.72. The predicted octanol–water partition coefficient (Wildman–Crippen LogP) is 7.12. The van der Waals surface area contributed by atoms with Gasteiger partial charge in [0.05, 0.1) is 5.69 Å². The molecule has 2 aromatic rings. The Labute approximate surface area is 181 Å². The molecule has 1 unspecified atom stereocenters. The summed E-state index contributed by atoms with van der Waals surface area (Å²) in [7, 11) is 0. The van der Waals surface area contributed by atoms with Crippen molar-refractivity contribution in [1.29, 1.82) is 0 Å². The van der Waals surface area contributed by atoms with E-state index in [1.165, 1.54) is 0 Å². The Morgan fingerprint density at radius 3 is 2.47 bits per heavy atom. The van der Waals surface area contributed by atoms with Gasteiger partial charge in [-0.2, -0.15) is 5.10 Å². The molecule has 0 amide bonds. The number of aromatic amines is 1. The Morgan fingerprint density at radius 2 is 1.93 bits per heavy atom. The van der Waals surface area contributed by atoms with Crippen LogP contribution in [0.4, 0.5) is 0 Å². The molecule has 0 aliphatic heterocycles. The number of aromatic nitrogens is 2. The van der Waals surface area contributed by atoms with Crippen LogP contribution in [0.5, 0.6) is 0 Å². The summed E-state index contributed by atoms with van der Waals surface area (Å²) in [6, 6.07) is 12.0. The van der Waals surface area contributed by atoms with Gasteiger partial charge in [-0.15, -0.1) is 0 Å². The van der Waals surface area contributed by atoms with Crippen LogP contribution in [-0.4, -0.2) is 16.2 Å². The van der Waals surface area contributed by atoms with Crippen LogP contribution in [0.1, 0.15) is 76.4 Å². The topological polar surface area (TPSA) is 55.0 Å². The van der Waals surface area contributed by atoms with Crippen molar-refractivity contribution < 1.29 is 9.53 Å². The lowest BCUT2D eigenvalue weighted by atomic mass is 10.1. The largest absolute Gasteiger partial charge is 0.457 e.